The first kappa shape index (κ1) is 21.3. The van der Waals surface area contributed by atoms with Gasteiger partial charge in [0.2, 0.25) is 0 Å². The Morgan fingerprint density at radius 1 is 0.861 bits per heavy atom. The highest BCUT2D eigenvalue weighted by atomic mass is 32.2. The van der Waals surface area contributed by atoms with Crippen LogP contribution >= 0.6 is 11.8 Å². The van der Waals surface area contributed by atoms with Crippen LogP contribution < -0.4 is 10.5 Å². The van der Waals surface area contributed by atoms with Crippen molar-refractivity contribution >= 4 is 22.5 Å². The molecule has 4 heterocycles. The minimum absolute atomic E-state index is 0.542. The minimum atomic E-state index is 0.542. The highest BCUT2D eigenvalue weighted by Gasteiger charge is 2.41. The molecular weight excluding hydrogens is 458 g/mol. The molecule has 0 aromatic heterocycles. The first-order chi connectivity index (χ1) is 17.8. The molecule has 0 saturated carbocycles. The van der Waals surface area contributed by atoms with Crippen molar-refractivity contribution < 1.29 is 4.74 Å². The van der Waals surface area contributed by atoms with Crippen LogP contribution in [0.3, 0.4) is 0 Å². The maximum absolute atomic E-state index is 6.21. The standard InChI is InChI=1S/C33H31NOS/c34-16-22-5-3-4-19-8-9-20(12-27(19)22)28-15-32-30-13-21(10-11-25(30)31(28)18-36-32)29-14-23-17-35-33(29)26-7-2-1-6-24(23)26/h1-2,6-14,22,28,31-32H,3-5,15-18,34H2. The Balaban J connectivity index is 1.18. The van der Waals surface area contributed by atoms with Gasteiger partial charge in [-0.2, -0.15) is 11.8 Å². The summed E-state index contributed by atoms with van der Waals surface area (Å²) in [5.74, 6) is 4.03. The first-order valence-electron chi connectivity index (χ1n) is 13.5. The van der Waals surface area contributed by atoms with Crippen molar-refractivity contribution in [1.82, 2.24) is 0 Å². The lowest BCUT2D eigenvalue weighted by Crippen LogP contribution is -2.29. The van der Waals surface area contributed by atoms with E-state index >= 15 is 0 Å². The molecule has 0 spiro atoms. The largest absolute Gasteiger partial charge is 0.488 e. The van der Waals surface area contributed by atoms with Crippen molar-refractivity contribution in [1.29, 1.82) is 0 Å². The summed E-state index contributed by atoms with van der Waals surface area (Å²) in [6, 6.07) is 25.7. The summed E-state index contributed by atoms with van der Waals surface area (Å²) in [5, 5.41) is 3.15. The van der Waals surface area contributed by atoms with Crippen LogP contribution in [0.5, 0.6) is 5.75 Å². The number of aryl methyl sites for hydroxylation is 1. The smallest absolute Gasteiger partial charge is 0.135 e. The summed E-state index contributed by atoms with van der Waals surface area (Å²) in [5.41, 5.74) is 17.8. The lowest BCUT2D eigenvalue weighted by molar-refractivity contribution is 0.304. The van der Waals surface area contributed by atoms with Crippen LogP contribution in [0.2, 0.25) is 0 Å². The fraction of sp³-hybridized carbons (Fsp3) is 0.333. The Morgan fingerprint density at radius 2 is 1.78 bits per heavy atom. The molecule has 6 aliphatic rings. The molecule has 180 valence electrons. The van der Waals surface area contributed by atoms with Gasteiger partial charge in [0.05, 0.1) is 0 Å². The van der Waals surface area contributed by atoms with E-state index in [1.165, 1.54) is 64.5 Å². The van der Waals surface area contributed by atoms with E-state index in [9.17, 15) is 0 Å². The molecule has 4 atom stereocenters. The van der Waals surface area contributed by atoms with Gasteiger partial charge in [0.1, 0.15) is 12.4 Å². The fourth-order valence-corrected chi connectivity index (χ4v) is 9.08. The number of ether oxygens (including phenoxy) is 1. The van der Waals surface area contributed by atoms with E-state index < -0.39 is 0 Å². The van der Waals surface area contributed by atoms with Gasteiger partial charge in [-0.1, -0.05) is 54.6 Å². The molecule has 0 amide bonds. The van der Waals surface area contributed by atoms with Gasteiger partial charge in [-0.25, -0.2) is 0 Å². The third-order valence-electron chi connectivity index (χ3n) is 9.35. The Kier molecular flexibility index (Phi) is 4.82. The maximum atomic E-state index is 6.21. The molecule has 4 unspecified atom stereocenters. The van der Waals surface area contributed by atoms with E-state index in [2.05, 4.69) is 78.5 Å². The zero-order valence-electron chi connectivity index (χ0n) is 20.5. The summed E-state index contributed by atoms with van der Waals surface area (Å²) in [6.45, 7) is 1.46. The van der Waals surface area contributed by atoms with Crippen LogP contribution in [0.1, 0.15) is 75.6 Å². The van der Waals surface area contributed by atoms with Gasteiger partial charge in [0, 0.05) is 27.9 Å². The molecule has 3 heteroatoms. The van der Waals surface area contributed by atoms with Crippen LogP contribution in [0.4, 0.5) is 0 Å². The van der Waals surface area contributed by atoms with Crippen molar-refractivity contribution in [2.45, 2.75) is 55.3 Å². The summed E-state index contributed by atoms with van der Waals surface area (Å²) in [6.07, 6.45) is 4.98. The van der Waals surface area contributed by atoms with Crippen molar-refractivity contribution in [2.24, 2.45) is 5.73 Å². The Morgan fingerprint density at radius 3 is 2.69 bits per heavy atom. The molecule has 10 rings (SSSR count). The van der Waals surface area contributed by atoms with Gasteiger partial charge in [0.25, 0.3) is 0 Å². The summed E-state index contributed by atoms with van der Waals surface area (Å²) in [7, 11) is 0. The van der Waals surface area contributed by atoms with Gasteiger partial charge >= 0.3 is 0 Å². The molecule has 1 saturated heterocycles. The van der Waals surface area contributed by atoms with E-state index in [0.29, 0.717) is 29.6 Å². The molecule has 4 aromatic carbocycles. The number of thioether (sulfide) groups is 1. The third kappa shape index (κ3) is 3.09. The third-order valence-corrected chi connectivity index (χ3v) is 10.7. The lowest BCUT2D eigenvalue weighted by atomic mass is 9.70. The predicted octanol–water partition coefficient (Wildman–Crippen LogP) is 7.84. The number of fused-ring (bicyclic) bond motifs is 5. The second kappa shape index (κ2) is 8.13. The molecule has 0 radical (unpaired) electrons. The van der Waals surface area contributed by atoms with Gasteiger partial charge in [-0.15, -0.1) is 0 Å². The highest BCUT2D eigenvalue weighted by Crippen LogP contribution is 2.59. The Labute approximate surface area is 217 Å². The van der Waals surface area contributed by atoms with Gasteiger partial charge in [-0.05, 0) is 101 Å². The molecule has 4 aliphatic heterocycles. The second-order valence-corrected chi connectivity index (χ2v) is 12.4. The number of hydrogen-bond donors (Lipinski definition) is 1. The van der Waals surface area contributed by atoms with E-state index in [4.69, 9.17) is 10.5 Å². The molecule has 2 aliphatic carbocycles. The maximum Gasteiger partial charge on any atom is 0.135 e. The molecular formula is C33H31NOS. The van der Waals surface area contributed by atoms with E-state index in [1.54, 1.807) is 22.3 Å². The van der Waals surface area contributed by atoms with Gasteiger partial charge in [0.15, 0.2) is 0 Å². The van der Waals surface area contributed by atoms with Crippen LogP contribution in [0, 0.1) is 0 Å². The summed E-state index contributed by atoms with van der Waals surface area (Å²) >= 11 is 2.16. The monoisotopic (exact) mass is 489 g/mol. The minimum Gasteiger partial charge on any atom is -0.488 e. The van der Waals surface area contributed by atoms with Crippen molar-refractivity contribution in [3.05, 3.63) is 100 Å². The number of hydrogen-bond acceptors (Lipinski definition) is 3. The first-order valence-corrected chi connectivity index (χ1v) is 14.6. The molecule has 4 aromatic rings. The molecule has 4 bridgehead atoms. The Hall–Kier alpha value is -2.75. The number of benzene rings is 4. The average molecular weight is 490 g/mol. The van der Waals surface area contributed by atoms with E-state index in [0.717, 1.165) is 12.3 Å². The van der Waals surface area contributed by atoms with Crippen LogP contribution in [0.15, 0.2) is 66.7 Å². The van der Waals surface area contributed by atoms with Crippen molar-refractivity contribution in [2.75, 3.05) is 12.3 Å². The fourth-order valence-electron chi connectivity index (χ4n) is 7.50. The zero-order chi connectivity index (χ0) is 23.8. The highest BCUT2D eigenvalue weighted by molar-refractivity contribution is 7.99. The lowest BCUT2D eigenvalue weighted by Gasteiger charge is -2.44. The predicted molar refractivity (Wildman–Crippen MR) is 150 cm³/mol. The topological polar surface area (TPSA) is 35.2 Å². The van der Waals surface area contributed by atoms with Gasteiger partial charge in [-0.3, -0.25) is 0 Å². The van der Waals surface area contributed by atoms with Crippen LogP contribution in [-0.2, 0) is 13.0 Å². The number of rotatable bonds is 3. The van der Waals surface area contributed by atoms with Crippen molar-refractivity contribution in [3.8, 4) is 16.9 Å². The molecule has 2 nitrogen and oxygen atoms in total. The normalized spacial score (nSPS) is 25.5. The average Bonchev–Trinajstić information content (AvgIpc) is 2.97. The van der Waals surface area contributed by atoms with Crippen LogP contribution in [-0.4, -0.2) is 12.3 Å². The van der Waals surface area contributed by atoms with Crippen LogP contribution in [0.25, 0.3) is 21.9 Å². The SMILES string of the molecule is NCC1CCCc2ccc(C3CC4SCC3c3ccc(-c5cc6c7ccccc7c5OC6)cc34)cc21. The van der Waals surface area contributed by atoms with E-state index in [1.807, 2.05) is 0 Å². The molecule has 1 fully saturated rings. The summed E-state index contributed by atoms with van der Waals surface area (Å²) < 4.78 is 6.21. The Bertz CT molecular complexity index is 1520. The van der Waals surface area contributed by atoms with Gasteiger partial charge < -0.3 is 10.5 Å². The summed E-state index contributed by atoms with van der Waals surface area (Å²) in [4.78, 5) is 0. The second-order valence-electron chi connectivity index (χ2n) is 11.1. The number of nitrogens with two attached hydrogens (primary N) is 1. The van der Waals surface area contributed by atoms with Crippen molar-refractivity contribution in [3.63, 3.8) is 0 Å². The zero-order valence-corrected chi connectivity index (χ0v) is 21.3. The molecule has 2 N–H and O–H groups in total. The van der Waals surface area contributed by atoms with E-state index in [-0.39, 0.29) is 0 Å². The quantitative estimate of drug-likeness (QED) is 0.318. The molecule has 36 heavy (non-hydrogen) atoms.